The van der Waals surface area contributed by atoms with Crippen molar-refractivity contribution in [3.63, 3.8) is 0 Å². The van der Waals surface area contributed by atoms with E-state index in [1.165, 1.54) is 12.4 Å². The van der Waals surface area contributed by atoms with Crippen LogP contribution in [-0.2, 0) is 9.53 Å². The van der Waals surface area contributed by atoms with E-state index < -0.39 is 5.82 Å². The predicted molar refractivity (Wildman–Crippen MR) is 103 cm³/mol. The standard InChI is InChI=1S/C20H30FN5O2/c21-16-11-22-20(23-12-16)24-17-4-3-15(19(27)25-7-1-2-8-25)13-26(14-17)18-5-9-28-10-6-18/h11-12,15,17-18H,1-10,13-14H2,(H,22,23,24)/t15-,17+/m1/s1. The molecule has 7 nitrogen and oxygen atoms in total. The first-order chi connectivity index (χ1) is 13.7. The molecule has 0 bridgehead atoms. The van der Waals surface area contributed by atoms with Crippen molar-refractivity contribution in [2.45, 2.75) is 50.6 Å². The summed E-state index contributed by atoms with van der Waals surface area (Å²) in [5, 5.41) is 3.36. The van der Waals surface area contributed by atoms with E-state index in [2.05, 4.69) is 20.2 Å². The van der Waals surface area contributed by atoms with E-state index >= 15 is 0 Å². The number of likely N-dealkylation sites (tertiary alicyclic amines) is 2. The largest absolute Gasteiger partial charge is 0.381 e. The van der Waals surface area contributed by atoms with Crippen LogP contribution in [-0.4, -0.2) is 77.2 Å². The van der Waals surface area contributed by atoms with Crippen molar-refractivity contribution in [1.82, 2.24) is 19.8 Å². The number of rotatable bonds is 4. The molecule has 0 aliphatic carbocycles. The molecule has 3 aliphatic rings. The Labute approximate surface area is 165 Å². The molecule has 1 N–H and O–H groups in total. The number of hydrogen-bond acceptors (Lipinski definition) is 6. The van der Waals surface area contributed by atoms with Crippen LogP contribution in [0.3, 0.4) is 0 Å². The van der Waals surface area contributed by atoms with Gasteiger partial charge in [0.25, 0.3) is 0 Å². The van der Waals surface area contributed by atoms with E-state index in [9.17, 15) is 9.18 Å². The molecule has 8 heteroatoms. The van der Waals surface area contributed by atoms with Crippen LogP contribution in [0, 0.1) is 11.7 Å². The zero-order valence-corrected chi connectivity index (χ0v) is 16.4. The van der Waals surface area contributed by atoms with E-state index in [0.717, 1.165) is 77.9 Å². The molecule has 154 valence electrons. The summed E-state index contributed by atoms with van der Waals surface area (Å²) in [7, 11) is 0. The van der Waals surface area contributed by atoms with Crippen molar-refractivity contribution in [3.8, 4) is 0 Å². The van der Waals surface area contributed by atoms with E-state index in [-0.39, 0.29) is 12.0 Å². The zero-order chi connectivity index (χ0) is 19.3. The van der Waals surface area contributed by atoms with E-state index in [1.54, 1.807) is 0 Å². The Morgan fingerprint density at radius 3 is 2.50 bits per heavy atom. The van der Waals surface area contributed by atoms with Gasteiger partial charge in [0.05, 0.1) is 18.3 Å². The number of ether oxygens (including phenoxy) is 1. The smallest absolute Gasteiger partial charge is 0.226 e. The Hall–Kier alpha value is -1.80. The van der Waals surface area contributed by atoms with Gasteiger partial charge in [0.1, 0.15) is 0 Å². The third-order valence-corrected chi connectivity index (χ3v) is 6.20. The first kappa shape index (κ1) is 19.5. The number of halogens is 1. The molecule has 1 amide bonds. The fraction of sp³-hybridized carbons (Fsp3) is 0.750. The van der Waals surface area contributed by atoms with Gasteiger partial charge < -0.3 is 15.0 Å². The minimum Gasteiger partial charge on any atom is -0.381 e. The van der Waals surface area contributed by atoms with Gasteiger partial charge in [0, 0.05) is 51.5 Å². The summed E-state index contributed by atoms with van der Waals surface area (Å²) >= 11 is 0. The van der Waals surface area contributed by atoms with Crippen LogP contribution < -0.4 is 5.32 Å². The molecule has 28 heavy (non-hydrogen) atoms. The molecule has 0 spiro atoms. The van der Waals surface area contributed by atoms with Crippen LogP contribution in [0.5, 0.6) is 0 Å². The normalized spacial score (nSPS) is 27.5. The van der Waals surface area contributed by atoms with E-state index in [1.807, 2.05) is 4.90 Å². The second-order valence-corrected chi connectivity index (χ2v) is 8.17. The lowest BCUT2D eigenvalue weighted by molar-refractivity contribution is -0.135. The monoisotopic (exact) mass is 391 g/mol. The van der Waals surface area contributed by atoms with Crippen LogP contribution >= 0.6 is 0 Å². The molecular formula is C20H30FN5O2. The summed E-state index contributed by atoms with van der Waals surface area (Å²) in [5.74, 6) is 0.365. The number of carbonyl (C=O) groups excluding carboxylic acids is 1. The fourth-order valence-corrected chi connectivity index (χ4v) is 4.66. The van der Waals surface area contributed by atoms with Gasteiger partial charge in [-0.1, -0.05) is 0 Å². The van der Waals surface area contributed by atoms with Crippen LogP contribution in [0.25, 0.3) is 0 Å². The number of carbonyl (C=O) groups is 1. The average Bonchev–Trinajstić information content (AvgIpc) is 3.18. The Morgan fingerprint density at radius 1 is 1.07 bits per heavy atom. The third-order valence-electron chi connectivity index (χ3n) is 6.20. The van der Waals surface area contributed by atoms with Crippen LogP contribution in [0.2, 0.25) is 0 Å². The van der Waals surface area contributed by atoms with E-state index in [4.69, 9.17) is 4.74 Å². The van der Waals surface area contributed by atoms with Crippen molar-refractivity contribution in [2.24, 2.45) is 5.92 Å². The first-order valence-corrected chi connectivity index (χ1v) is 10.5. The summed E-state index contributed by atoms with van der Waals surface area (Å²) in [6.45, 7) is 5.02. The molecule has 0 radical (unpaired) electrons. The predicted octanol–water partition coefficient (Wildman–Crippen LogP) is 1.91. The second kappa shape index (κ2) is 9.13. The minimum absolute atomic E-state index is 0.0434. The van der Waals surface area contributed by atoms with Gasteiger partial charge in [-0.25, -0.2) is 14.4 Å². The Balaban J connectivity index is 1.46. The molecular weight excluding hydrogens is 361 g/mol. The lowest BCUT2D eigenvalue weighted by Gasteiger charge is -2.36. The Morgan fingerprint density at radius 2 is 1.79 bits per heavy atom. The Bertz CT molecular complexity index is 647. The highest BCUT2D eigenvalue weighted by Crippen LogP contribution is 2.26. The van der Waals surface area contributed by atoms with Crippen molar-refractivity contribution >= 4 is 11.9 Å². The third kappa shape index (κ3) is 4.78. The average molecular weight is 391 g/mol. The molecule has 3 saturated heterocycles. The van der Waals surface area contributed by atoms with Gasteiger partial charge in [0.2, 0.25) is 11.9 Å². The van der Waals surface area contributed by atoms with Gasteiger partial charge in [0.15, 0.2) is 5.82 Å². The van der Waals surface area contributed by atoms with Gasteiger partial charge >= 0.3 is 0 Å². The van der Waals surface area contributed by atoms with Gasteiger partial charge in [-0.15, -0.1) is 0 Å². The van der Waals surface area contributed by atoms with E-state index in [0.29, 0.717) is 17.9 Å². The lowest BCUT2D eigenvalue weighted by Crippen LogP contribution is -2.47. The summed E-state index contributed by atoms with van der Waals surface area (Å²) in [4.78, 5) is 25.7. The number of nitrogens with one attached hydrogen (secondary N) is 1. The van der Waals surface area contributed by atoms with Crippen LogP contribution in [0.4, 0.5) is 10.3 Å². The minimum atomic E-state index is -0.438. The zero-order valence-electron chi connectivity index (χ0n) is 16.4. The molecule has 1 aromatic rings. The van der Waals surface area contributed by atoms with Crippen LogP contribution in [0.1, 0.15) is 38.5 Å². The van der Waals surface area contributed by atoms with Gasteiger partial charge in [-0.05, 0) is 38.5 Å². The maximum atomic E-state index is 13.1. The highest BCUT2D eigenvalue weighted by molar-refractivity contribution is 5.79. The summed E-state index contributed by atoms with van der Waals surface area (Å²) < 4.78 is 18.6. The molecule has 0 saturated carbocycles. The maximum Gasteiger partial charge on any atom is 0.226 e. The molecule has 3 fully saturated rings. The SMILES string of the molecule is O=C([C@@H]1CC[C@H](Nc2ncc(F)cn2)CN(C2CCOCC2)C1)N1CCCC1. The number of nitrogens with zero attached hydrogens (tertiary/aromatic N) is 4. The summed E-state index contributed by atoms with van der Waals surface area (Å²) in [5.41, 5.74) is 0. The van der Waals surface area contributed by atoms with Crippen molar-refractivity contribution in [3.05, 3.63) is 18.2 Å². The maximum absolute atomic E-state index is 13.1. The molecule has 0 unspecified atom stereocenters. The number of anilines is 1. The number of hydrogen-bond donors (Lipinski definition) is 1. The highest BCUT2D eigenvalue weighted by Gasteiger charge is 2.35. The fourth-order valence-electron chi connectivity index (χ4n) is 4.66. The molecule has 4 rings (SSSR count). The summed E-state index contributed by atoms with van der Waals surface area (Å²) in [6, 6.07) is 0.587. The Kier molecular flexibility index (Phi) is 6.36. The quantitative estimate of drug-likeness (QED) is 0.846. The van der Waals surface area contributed by atoms with Crippen molar-refractivity contribution in [2.75, 3.05) is 44.7 Å². The van der Waals surface area contributed by atoms with Crippen molar-refractivity contribution in [1.29, 1.82) is 0 Å². The van der Waals surface area contributed by atoms with Gasteiger partial charge in [-0.2, -0.15) is 0 Å². The number of aromatic nitrogens is 2. The topological polar surface area (TPSA) is 70.6 Å². The lowest BCUT2D eigenvalue weighted by atomic mass is 9.99. The van der Waals surface area contributed by atoms with Gasteiger partial charge in [-0.3, -0.25) is 9.69 Å². The summed E-state index contributed by atoms with van der Waals surface area (Å²) in [6.07, 6.45) is 8.35. The van der Waals surface area contributed by atoms with Crippen molar-refractivity contribution < 1.29 is 13.9 Å². The molecule has 2 atom stereocenters. The first-order valence-electron chi connectivity index (χ1n) is 10.5. The van der Waals surface area contributed by atoms with Crippen LogP contribution in [0.15, 0.2) is 12.4 Å². The molecule has 3 aliphatic heterocycles. The molecule has 4 heterocycles. The highest BCUT2D eigenvalue weighted by atomic mass is 19.1. The number of amides is 1. The molecule has 1 aromatic heterocycles. The molecule has 0 aromatic carbocycles. The second-order valence-electron chi connectivity index (χ2n) is 8.17.